The molecular weight excluding hydrogens is 284 g/mol. The van der Waals surface area contributed by atoms with Gasteiger partial charge in [-0.25, -0.2) is 0 Å². The van der Waals surface area contributed by atoms with Crippen molar-refractivity contribution < 1.29 is 18.9 Å². The van der Waals surface area contributed by atoms with Crippen LogP contribution in [0.1, 0.15) is 0 Å². The Labute approximate surface area is 127 Å². The summed E-state index contributed by atoms with van der Waals surface area (Å²) in [6, 6.07) is 5.51. The quantitative estimate of drug-likeness (QED) is 0.724. The SMILES string of the molecule is COc1cc(OC)c2[nH]c3c(OC)c(N)ccc3c2c1OC. The number of rotatable bonds is 4. The molecule has 1 heterocycles. The van der Waals surface area contributed by atoms with Gasteiger partial charge in [-0.3, -0.25) is 0 Å². The molecule has 6 heteroatoms. The third-order valence-electron chi connectivity index (χ3n) is 3.77. The Hall–Kier alpha value is -2.76. The Kier molecular flexibility index (Phi) is 3.36. The molecule has 0 fully saturated rings. The highest BCUT2D eigenvalue weighted by Gasteiger charge is 2.21. The third-order valence-corrected chi connectivity index (χ3v) is 3.77. The van der Waals surface area contributed by atoms with Gasteiger partial charge in [0.15, 0.2) is 17.2 Å². The first-order valence-corrected chi connectivity index (χ1v) is 6.73. The van der Waals surface area contributed by atoms with E-state index in [1.165, 1.54) is 0 Å². The van der Waals surface area contributed by atoms with Crippen molar-refractivity contribution in [1.82, 2.24) is 4.98 Å². The number of aromatic nitrogens is 1. The molecule has 6 nitrogen and oxygen atoms in total. The highest BCUT2D eigenvalue weighted by Crippen LogP contribution is 2.47. The van der Waals surface area contributed by atoms with E-state index in [-0.39, 0.29) is 0 Å². The standard InChI is InChI=1S/C16H18N2O4/c1-19-10-7-11(20-2)16(22-4)12-8-5-6-9(17)15(21-3)13(8)18-14(10)12/h5-7,18H,17H2,1-4H3. The number of nitrogens with two attached hydrogens (primary N) is 1. The second-order valence-electron chi connectivity index (χ2n) is 4.80. The van der Waals surface area contributed by atoms with Gasteiger partial charge in [-0.2, -0.15) is 0 Å². The molecule has 0 bridgehead atoms. The first-order chi connectivity index (χ1) is 10.7. The summed E-state index contributed by atoms with van der Waals surface area (Å²) in [5, 5.41) is 1.79. The normalized spacial score (nSPS) is 10.9. The van der Waals surface area contributed by atoms with E-state index in [4.69, 9.17) is 24.7 Å². The van der Waals surface area contributed by atoms with Gasteiger partial charge in [0.1, 0.15) is 5.75 Å². The van der Waals surface area contributed by atoms with Crippen LogP contribution in [-0.2, 0) is 0 Å². The highest BCUT2D eigenvalue weighted by atomic mass is 16.5. The van der Waals surface area contributed by atoms with Gasteiger partial charge in [-0.05, 0) is 12.1 Å². The van der Waals surface area contributed by atoms with Crippen LogP contribution in [0, 0.1) is 0 Å². The zero-order valence-corrected chi connectivity index (χ0v) is 12.9. The van der Waals surface area contributed by atoms with E-state index in [0.717, 1.165) is 21.8 Å². The minimum absolute atomic E-state index is 0.562. The summed E-state index contributed by atoms with van der Waals surface area (Å²) in [6.45, 7) is 0. The lowest BCUT2D eigenvalue weighted by Crippen LogP contribution is -1.93. The van der Waals surface area contributed by atoms with Gasteiger partial charge >= 0.3 is 0 Å². The predicted molar refractivity (Wildman–Crippen MR) is 86.4 cm³/mol. The van der Waals surface area contributed by atoms with Gasteiger partial charge in [0.2, 0.25) is 0 Å². The Morgan fingerprint density at radius 1 is 0.818 bits per heavy atom. The summed E-state index contributed by atoms with van der Waals surface area (Å²) in [6.07, 6.45) is 0. The van der Waals surface area contributed by atoms with Crippen molar-refractivity contribution in [2.75, 3.05) is 34.2 Å². The summed E-state index contributed by atoms with van der Waals surface area (Å²) < 4.78 is 21.8. The van der Waals surface area contributed by atoms with E-state index in [1.54, 1.807) is 40.6 Å². The molecule has 0 aliphatic rings. The van der Waals surface area contributed by atoms with Crippen molar-refractivity contribution in [2.24, 2.45) is 0 Å². The average molecular weight is 302 g/mol. The second-order valence-corrected chi connectivity index (χ2v) is 4.80. The molecule has 3 aromatic rings. The number of anilines is 1. The van der Waals surface area contributed by atoms with Crippen LogP contribution in [0.15, 0.2) is 18.2 Å². The largest absolute Gasteiger partial charge is 0.494 e. The molecule has 0 atom stereocenters. The number of nitrogens with one attached hydrogen (secondary N) is 1. The monoisotopic (exact) mass is 302 g/mol. The van der Waals surface area contributed by atoms with Gasteiger partial charge in [-0.1, -0.05) is 0 Å². The molecule has 3 N–H and O–H groups in total. The Morgan fingerprint density at radius 3 is 2.09 bits per heavy atom. The van der Waals surface area contributed by atoms with Gasteiger partial charge in [0.25, 0.3) is 0 Å². The summed E-state index contributed by atoms with van der Waals surface area (Å²) >= 11 is 0. The molecule has 0 aliphatic carbocycles. The van der Waals surface area contributed by atoms with E-state index in [1.807, 2.05) is 6.07 Å². The van der Waals surface area contributed by atoms with Crippen molar-refractivity contribution in [3.05, 3.63) is 18.2 Å². The zero-order chi connectivity index (χ0) is 15.9. The van der Waals surface area contributed by atoms with Crippen molar-refractivity contribution >= 4 is 27.5 Å². The topological polar surface area (TPSA) is 78.7 Å². The smallest absolute Gasteiger partial charge is 0.170 e. The first-order valence-electron chi connectivity index (χ1n) is 6.73. The average Bonchev–Trinajstić information content (AvgIpc) is 2.92. The molecular formula is C16H18N2O4. The van der Waals surface area contributed by atoms with Crippen LogP contribution >= 0.6 is 0 Å². The number of hydrogen-bond donors (Lipinski definition) is 2. The molecule has 22 heavy (non-hydrogen) atoms. The molecule has 0 unspecified atom stereocenters. The van der Waals surface area contributed by atoms with Crippen LogP contribution in [-0.4, -0.2) is 33.4 Å². The summed E-state index contributed by atoms with van der Waals surface area (Å²) in [4.78, 5) is 3.32. The zero-order valence-electron chi connectivity index (χ0n) is 12.9. The van der Waals surface area contributed by atoms with Crippen molar-refractivity contribution in [2.45, 2.75) is 0 Å². The van der Waals surface area contributed by atoms with Crippen molar-refractivity contribution in [3.8, 4) is 23.0 Å². The fourth-order valence-corrected chi connectivity index (χ4v) is 2.79. The predicted octanol–water partition coefficient (Wildman–Crippen LogP) is 2.94. The number of methoxy groups -OCH3 is 4. The lowest BCUT2D eigenvalue weighted by atomic mass is 10.1. The van der Waals surface area contributed by atoms with Crippen LogP contribution in [0.3, 0.4) is 0 Å². The molecule has 1 aromatic heterocycles. The van der Waals surface area contributed by atoms with Crippen LogP contribution in [0.4, 0.5) is 5.69 Å². The van der Waals surface area contributed by atoms with E-state index < -0.39 is 0 Å². The molecule has 3 rings (SSSR count). The Bertz CT molecular complexity index is 855. The molecule has 116 valence electrons. The van der Waals surface area contributed by atoms with E-state index >= 15 is 0 Å². The summed E-state index contributed by atoms with van der Waals surface area (Å²) in [7, 11) is 6.40. The van der Waals surface area contributed by atoms with Crippen LogP contribution in [0.2, 0.25) is 0 Å². The van der Waals surface area contributed by atoms with Crippen molar-refractivity contribution in [3.63, 3.8) is 0 Å². The van der Waals surface area contributed by atoms with Crippen LogP contribution in [0.25, 0.3) is 21.8 Å². The second kappa shape index (κ2) is 5.22. The highest BCUT2D eigenvalue weighted by molar-refractivity contribution is 6.15. The summed E-state index contributed by atoms with van der Waals surface area (Å²) in [5.74, 6) is 2.49. The number of benzene rings is 2. The maximum atomic E-state index is 5.98. The molecule has 0 saturated carbocycles. The molecule has 0 radical (unpaired) electrons. The minimum atomic E-state index is 0.562. The van der Waals surface area contributed by atoms with Gasteiger partial charge in [0, 0.05) is 11.5 Å². The molecule has 0 aliphatic heterocycles. The lowest BCUT2D eigenvalue weighted by Gasteiger charge is -2.11. The van der Waals surface area contributed by atoms with Crippen LogP contribution < -0.4 is 24.7 Å². The minimum Gasteiger partial charge on any atom is -0.494 e. The van der Waals surface area contributed by atoms with Gasteiger partial charge in [0.05, 0.1) is 50.5 Å². The van der Waals surface area contributed by atoms with Gasteiger partial charge in [-0.15, -0.1) is 0 Å². The fraction of sp³-hybridized carbons (Fsp3) is 0.250. The Morgan fingerprint density at radius 2 is 1.50 bits per heavy atom. The number of aromatic amines is 1. The fourth-order valence-electron chi connectivity index (χ4n) is 2.79. The lowest BCUT2D eigenvalue weighted by molar-refractivity contribution is 0.354. The van der Waals surface area contributed by atoms with Crippen molar-refractivity contribution in [1.29, 1.82) is 0 Å². The van der Waals surface area contributed by atoms with E-state index in [0.29, 0.717) is 28.7 Å². The maximum Gasteiger partial charge on any atom is 0.170 e. The number of nitrogen functional groups attached to an aromatic ring is 1. The Balaban J connectivity index is 2.55. The third kappa shape index (κ3) is 1.80. The van der Waals surface area contributed by atoms with E-state index in [9.17, 15) is 0 Å². The van der Waals surface area contributed by atoms with Gasteiger partial charge < -0.3 is 29.7 Å². The number of fused-ring (bicyclic) bond motifs is 3. The summed E-state index contributed by atoms with van der Waals surface area (Å²) in [5.41, 5.74) is 8.14. The molecule has 0 saturated heterocycles. The molecule has 0 amide bonds. The number of ether oxygens (including phenoxy) is 4. The first kappa shape index (κ1) is 14.2. The maximum absolute atomic E-state index is 5.98. The number of H-pyrrole nitrogens is 1. The molecule has 2 aromatic carbocycles. The van der Waals surface area contributed by atoms with E-state index in [2.05, 4.69) is 4.98 Å². The molecule has 0 spiro atoms. The number of hydrogen-bond acceptors (Lipinski definition) is 5. The van der Waals surface area contributed by atoms with Crippen LogP contribution in [0.5, 0.6) is 23.0 Å².